The van der Waals surface area contributed by atoms with Crippen molar-refractivity contribution < 1.29 is 13.2 Å². The Hall–Kier alpha value is -2.33. The molecule has 33 heavy (non-hydrogen) atoms. The third-order valence-electron chi connectivity index (χ3n) is 4.81. The monoisotopic (exact) mass is 528 g/mol. The minimum absolute atomic E-state index is 0.129. The average Bonchev–Trinajstić information content (AvgIpc) is 3.33. The first-order valence-corrected chi connectivity index (χ1v) is 12.1. The van der Waals surface area contributed by atoms with Gasteiger partial charge >= 0.3 is 6.18 Å². The maximum atomic E-state index is 13.0. The van der Waals surface area contributed by atoms with E-state index in [4.69, 9.17) is 28.9 Å². The fourth-order valence-electron chi connectivity index (χ4n) is 3.09. The summed E-state index contributed by atoms with van der Waals surface area (Å²) >= 11 is 14.8. The summed E-state index contributed by atoms with van der Waals surface area (Å²) in [6, 6.07) is 9.74. The highest BCUT2D eigenvalue weighted by molar-refractivity contribution is 7.23. The second kappa shape index (κ2) is 9.13. The molecule has 0 saturated carbocycles. The SMILES string of the molecule is CC(C)c1ccc(Nc2nc(N)c(-c3nc(-c4c(Cl)cc(C(F)(F)F)cc4Cl)cs3)s2)cc1. The summed E-state index contributed by atoms with van der Waals surface area (Å²) in [5.41, 5.74) is 7.91. The number of anilines is 3. The van der Waals surface area contributed by atoms with E-state index in [2.05, 4.69) is 41.3 Å². The molecule has 0 radical (unpaired) electrons. The van der Waals surface area contributed by atoms with Crippen molar-refractivity contribution in [2.75, 3.05) is 11.1 Å². The minimum atomic E-state index is -4.55. The van der Waals surface area contributed by atoms with Gasteiger partial charge in [-0.3, -0.25) is 0 Å². The fourth-order valence-corrected chi connectivity index (χ4v) is 5.58. The van der Waals surface area contributed by atoms with E-state index in [0.29, 0.717) is 32.4 Å². The van der Waals surface area contributed by atoms with Gasteiger partial charge in [0, 0.05) is 16.6 Å². The van der Waals surface area contributed by atoms with Crippen molar-refractivity contribution in [1.82, 2.24) is 9.97 Å². The Bertz CT molecular complexity index is 1270. The Kier molecular flexibility index (Phi) is 6.59. The Balaban J connectivity index is 1.60. The van der Waals surface area contributed by atoms with Crippen molar-refractivity contribution in [3.8, 4) is 21.1 Å². The molecule has 0 amide bonds. The number of halogens is 5. The van der Waals surface area contributed by atoms with Crippen LogP contribution in [0, 0.1) is 0 Å². The highest BCUT2D eigenvalue weighted by atomic mass is 35.5. The maximum absolute atomic E-state index is 13.0. The Morgan fingerprint density at radius 3 is 2.24 bits per heavy atom. The summed E-state index contributed by atoms with van der Waals surface area (Å²) in [5.74, 6) is 0.735. The van der Waals surface area contributed by atoms with Crippen molar-refractivity contribution in [3.63, 3.8) is 0 Å². The van der Waals surface area contributed by atoms with E-state index in [0.717, 1.165) is 17.8 Å². The van der Waals surface area contributed by atoms with Crippen LogP contribution < -0.4 is 11.1 Å². The normalized spacial score (nSPS) is 11.9. The fraction of sp³-hybridized carbons (Fsp3) is 0.182. The molecule has 11 heteroatoms. The van der Waals surface area contributed by atoms with Gasteiger partial charge in [-0.15, -0.1) is 11.3 Å². The second-order valence-corrected chi connectivity index (χ2v) is 10.2. The van der Waals surface area contributed by atoms with Crippen molar-refractivity contribution in [2.45, 2.75) is 25.9 Å². The lowest BCUT2D eigenvalue weighted by atomic mass is 10.0. The molecule has 4 aromatic rings. The molecule has 4 rings (SSSR count). The van der Waals surface area contributed by atoms with Crippen LogP contribution >= 0.6 is 45.9 Å². The smallest absolute Gasteiger partial charge is 0.382 e. The Morgan fingerprint density at radius 1 is 1.03 bits per heavy atom. The standard InChI is InChI=1S/C22H17Cl2F3N4S2/c1-10(2)11-3-5-13(6-4-11)29-21-31-19(28)18(33-21)20-30-16(9-32-20)17-14(23)7-12(8-15(17)24)22(25,26)27/h3-10H,28H2,1-2H3,(H,29,31). The molecule has 0 unspecified atom stereocenters. The van der Waals surface area contributed by atoms with E-state index in [9.17, 15) is 13.2 Å². The minimum Gasteiger partial charge on any atom is -0.382 e. The lowest BCUT2D eigenvalue weighted by Gasteiger charge is -2.11. The van der Waals surface area contributed by atoms with Crippen LogP contribution in [0.25, 0.3) is 21.1 Å². The quantitative estimate of drug-likeness (QED) is 0.271. The van der Waals surface area contributed by atoms with Gasteiger partial charge in [0.05, 0.1) is 21.3 Å². The molecular formula is C22H17Cl2F3N4S2. The molecule has 2 heterocycles. The van der Waals surface area contributed by atoms with Crippen LogP contribution in [0.5, 0.6) is 0 Å². The summed E-state index contributed by atoms with van der Waals surface area (Å²) in [6.45, 7) is 4.26. The zero-order valence-electron chi connectivity index (χ0n) is 17.3. The molecule has 4 nitrogen and oxygen atoms in total. The third kappa shape index (κ3) is 5.11. The van der Waals surface area contributed by atoms with E-state index in [1.807, 2.05) is 12.1 Å². The molecule has 0 spiro atoms. The predicted octanol–water partition coefficient (Wildman–Crippen LogP) is 8.71. The van der Waals surface area contributed by atoms with Gasteiger partial charge in [-0.05, 0) is 35.7 Å². The predicted molar refractivity (Wildman–Crippen MR) is 132 cm³/mol. The Labute approximate surface area is 206 Å². The summed E-state index contributed by atoms with van der Waals surface area (Å²) in [4.78, 5) is 9.52. The van der Waals surface area contributed by atoms with Crippen molar-refractivity contribution >= 4 is 62.5 Å². The zero-order chi connectivity index (χ0) is 23.9. The third-order valence-corrected chi connectivity index (χ3v) is 7.38. The van der Waals surface area contributed by atoms with Crippen LogP contribution in [0.1, 0.15) is 30.9 Å². The van der Waals surface area contributed by atoms with E-state index < -0.39 is 11.7 Å². The molecule has 3 N–H and O–H groups in total. The highest BCUT2D eigenvalue weighted by Gasteiger charge is 2.32. The van der Waals surface area contributed by atoms with E-state index in [1.165, 1.54) is 28.2 Å². The number of aromatic nitrogens is 2. The van der Waals surface area contributed by atoms with Crippen molar-refractivity contribution in [2.24, 2.45) is 0 Å². The lowest BCUT2D eigenvalue weighted by molar-refractivity contribution is -0.137. The number of benzene rings is 2. The largest absolute Gasteiger partial charge is 0.416 e. The van der Waals surface area contributed by atoms with Crippen LogP contribution in [0.2, 0.25) is 10.0 Å². The van der Waals surface area contributed by atoms with Crippen LogP contribution in [-0.2, 0) is 6.18 Å². The van der Waals surface area contributed by atoms with Gasteiger partial charge in [0.2, 0.25) is 0 Å². The van der Waals surface area contributed by atoms with Gasteiger partial charge in [0.25, 0.3) is 0 Å². The number of hydrogen-bond acceptors (Lipinski definition) is 6. The van der Waals surface area contributed by atoms with Gasteiger partial charge in [-0.2, -0.15) is 13.2 Å². The van der Waals surface area contributed by atoms with Gasteiger partial charge in [-0.1, -0.05) is 60.5 Å². The zero-order valence-corrected chi connectivity index (χ0v) is 20.4. The van der Waals surface area contributed by atoms with Gasteiger partial charge in [0.15, 0.2) is 5.13 Å². The summed E-state index contributed by atoms with van der Waals surface area (Å²) in [5, 5.41) is 5.81. The number of hydrogen-bond donors (Lipinski definition) is 2. The molecule has 0 aliphatic carbocycles. The molecule has 0 aliphatic heterocycles. The number of nitrogens with one attached hydrogen (secondary N) is 1. The van der Waals surface area contributed by atoms with Crippen LogP contribution in [0.3, 0.4) is 0 Å². The van der Waals surface area contributed by atoms with Crippen LogP contribution in [-0.4, -0.2) is 9.97 Å². The summed E-state index contributed by atoms with van der Waals surface area (Å²) in [6.07, 6.45) is -4.55. The van der Waals surface area contributed by atoms with E-state index in [1.54, 1.807) is 5.38 Å². The van der Waals surface area contributed by atoms with Crippen LogP contribution in [0.4, 0.5) is 29.8 Å². The molecule has 2 aromatic carbocycles. The molecule has 2 aromatic heterocycles. The number of rotatable bonds is 5. The Morgan fingerprint density at radius 2 is 1.67 bits per heavy atom. The summed E-state index contributed by atoms with van der Waals surface area (Å²) < 4.78 is 39.0. The van der Waals surface area contributed by atoms with E-state index >= 15 is 0 Å². The molecule has 172 valence electrons. The molecular weight excluding hydrogens is 512 g/mol. The number of alkyl halides is 3. The van der Waals surface area contributed by atoms with Crippen molar-refractivity contribution in [3.05, 3.63) is 63.0 Å². The number of nitrogens with zero attached hydrogens (tertiary/aromatic N) is 2. The highest BCUT2D eigenvalue weighted by Crippen LogP contribution is 2.43. The van der Waals surface area contributed by atoms with Crippen molar-refractivity contribution in [1.29, 1.82) is 0 Å². The number of thiazole rings is 2. The average molecular weight is 529 g/mol. The molecule has 0 aliphatic rings. The van der Waals surface area contributed by atoms with E-state index in [-0.39, 0.29) is 15.6 Å². The maximum Gasteiger partial charge on any atom is 0.416 e. The first-order chi connectivity index (χ1) is 15.5. The number of nitrogens with two attached hydrogens (primary N) is 1. The molecule has 0 bridgehead atoms. The first-order valence-electron chi connectivity index (χ1n) is 9.68. The molecule has 0 fully saturated rings. The second-order valence-electron chi connectivity index (χ2n) is 7.49. The topological polar surface area (TPSA) is 63.8 Å². The van der Waals surface area contributed by atoms with Gasteiger partial charge < -0.3 is 11.1 Å². The van der Waals surface area contributed by atoms with Crippen LogP contribution in [0.15, 0.2) is 41.8 Å². The molecule has 0 atom stereocenters. The first kappa shape index (κ1) is 23.8. The number of nitrogen functional groups attached to an aromatic ring is 1. The lowest BCUT2D eigenvalue weighted by Crippen LogP contribution is -2.05. The summed E-state index contributed by atoms with van der Waals surface area (Å²) in [7, 11) is 0. The van der Waals surface area contributed by atoms with Gasteiger partial charge in [0.1, 0.15) is 15.7 Å². The molecule has 0 saturated heterocycles. The van der Waals surface area contributed by atoms with Gasteiger partial charge in [-0.25, -0.2) is 9.97 Å².